The smallest absolute Gasteiger partial charge is 0.122 e. The summed E-state index contributed by atoms with van der Waals surface area (Å²) in [5.74, 6) is 1.56. The van der Waals surface area contributed by atoms with Gasteiger partial charge in [-0.2, -0.15) is 0 Å². The van der Waals surface area contributed by atoms with E-state index in [4.69, 9.17) is 10.5 Å². The average molecular weight is 249 g/mol. The number of rotatable bonds is 5. The average Bonchev–Trinajstić information content (AvgIpc) is 3.21. The highest BCUT2D eigenvalue weighted by Gasteiger charge is 2.44. The lowest BCUT2D eigenvalue weighted by Crippen LogP contribution is -2.37. The summed E-state index contributed by atoms with van der Waals surface area (Å²) in [4.78, 5) is 0. The number of hydrogen-bond acceptors (Lipinski definition) is 3. The van der Waals surface area contributed by atoms with Gasteiger partial charge in [-0.25, -0.2) is 0 Å². The maximum absolute atomic E-state index is 10.7. The van der Waals surface area contributed by atoms with Gasteiger partial charge in [0.15, 0.2) is 0 Å². The quantitative estimate of drug-likeness (QED) is 0.842. The molecule has 0 aliphatic heterocycles. The van der Waals surface area contributed by atoms with Crippen molar-refractivity contribution in [1.29, 1.82) is 0 Å². The minimum Gasteiger partial charge on any atom is -0.496 e. The van der Waals surface area contributed by atoms with Crippen molar-refractivity contribution in [1.82, 2.24) is 0 Å². The number of benzene rings is 1. The van der Waals surface area contributed by atoms with Crippen LogP contribution in [-0.4, -0.2) is 18.8 Å². The number of ether oxygens (including phenoxy) is 1. The topological polar surface area (TPSA) is 55.5 Å². The van der Waals surface area contributed by atoms with E-state index in [1.54, 1.807) is 7.11 Å². The molecule has 3 nitrogen and oxygen atoms in total. The monoisotopic (exact) mass is 249 g/mol. The van der Waals surface area contributed by atoms with Crippen molar-refractivity contribution in [2.24, 2.45) is 11.7 Å². The lowest BCUT2D eigenvalue weighted by Gasteiger charge is -2.28. The summed E-state index contributed by atoms with van der Waals surface area (Å²) in [5, 5.41) is 10.7. The molecule has 1 aromatic carbocycles. The highest BCUT2D eigenvalue weighted by atomic mass is 16.5. The molecule has 1 aromatic rings. The predicted molar refractivity (Wildman–Crippen MR) is 72.8 cm³/mol. The van der Waals surface area contributed by atoms with Crippen molar-refractivity contribution < 1.29 is 9.84 Å². The first-order valence-electron chi connectivity index (χ1n) is 6.63. The Morgan fingerprint density at radius 3 is 2.56 bits per heavy atom. The molecule has 0 aromatic heterocycles. The summed E-state index contributed by atoms with van der Waals surface area (Å²) in [6.45, 7) is 4.53. The fourth-order valence-electron chi connectivity index (χ4n) is 2.54. The molecule has 0 spiro atoms. The Hall–Kier alpha value is -1.06. The van der Waals surface area contributed by atoms with Gasteiger partial charge in [-0.3, -0.25) is 0 Å². The molecule has 2 rings (SSSR count). The minimum absolute atomic E-state index is 0.279. The van der Waals surface area contributed by atoms with E-state index < -0.39 is 5.60 Å². The van der Waals surface area contributed by atoms with Crippen LogP contribution in [0.15, 0.2) is 18.2 Å². The number of aliphatic hydroxyl groups is 1. The maximum atomic E-state index is 10.7. The van der Waals surface area contributed by atoms with Gasteiger partial charge in [0.25, 0.3) is 0 Å². The van der Waals surface area contributed by atoms with Crippen LogP contribution in [0.4, 0.5) is 0 Å². The van der Waals surface area contributed by atoms with Crippen molar-refractivity contribution in [2.75, 3.05) is 13.7 Å². The lowest BCUT2D eigenvalue weighted by molar-refractivity contribution is 0.0221. The first-order valence-corrected chi connectivity index (χ1v) is 6.63. The zero-order chi connectivity index (χ0) is 13.3. The van der Waals surface area contributed by atoms with Crippen molar-refractivity contribution in [3.8, 4) is 5.75 Å². The molecule has 3 heteroatoms. The van der Waals surface area contributed by atoms with Gasteiger partial charge in [-0.05, 0) is 47.9 Å². The third kappa shape index (κ3) is 2.25. The maximum Gasteiger partial charge on any atom is 0.122 e. The number of methoxy groups -OCH3 is 1. The molecule has 0 amide bonds. The standard InChI is InChI=1S/C15H23NO2/c1-10(2)13-8-12(6-7-14(13)18-3)15(17,9-16)11-4-5-11/h6-8,10-11,17H,4-5,9,16H2,1-3H3. The van der Waals surface area contributed by atoms with Gasteiger partial charge in [0.05, 0.1) is 7.11 Å². The van der Waals surface area contributed by atoms with Crippen LogP contribution >= 0.6 is 0 Å². The van der Waals surface area contributed by atoms with Crippen LogP contribution in [0.1, 0.15) is 43.7 Å². The van der Waals surface area contributed by atoms with Gasteiger partial charge in [0.1, 0.15) is 11.4 Å². The van der Waals surface area contributed by atoms with E-state index in [0.29, 0.717) is 11.8 Å². The van der Waals surface area contributed by atoms with Gasteiger partial charge >= 0.3 is 0 Å². The summed E-state index contributed by atoms with van der Waals surface area (Å²) in [6.07, 6.45) is 2.13. The molecule has 0 radical (unpaired) electrons. The second kappa shape index (κ2) is 4.90. The summed E-state index contributed by atoms with van der Waals surface area (Å²) < 4.78 is 5.37. The Morgan fingerprint density at radius 2 is 2.11 bits per heavy atom. The highest BCUT2D eigenvalue weighted by molar-refractivity contribution is 5.42. The van der Waals surface area contributed by atoms with E-state index in [-0.39, 0.29) is 6.54 Å². The fourth-order valence-corrected chi connectivity index (χ4v) is 2.54. The van der Waals surface area contributed by atoms with Gasteiger partial charge in [0, 0.05) is 6.54 Å². The zero-order valence-electron chi connectivity index (χ0n) is 11.4. The first-order chi connectivity index (χ1) is 8.52. The highest BCUT2D eigenvalue weighted by Crippen LogP contribution is 2.46. The Balaban J connectivity index is 2.42. The molecule has 1 atom stereocenters. The number of nitrogens with two attached hydrogens (primary N) is 1. The van der Waals surface area contributed by atoms with E-state index >= 15 is 0 Å². The second-order valence-electron chi connectivity index (χ2n) is 5.51. The van der Waals surface area contributed by atoms with E-state index in [2.05, 4.69) is 19.9 Å². The van der Waals surface area contributed by atoms with Crippen molar-refractivity contribution >= 4 is 0 Å². The van der Waals surface area contributed by atoms with Crippen molar-refractivity contribution in [3.05, 3.63) is 29.3 Å². The third-order valence-corrected chi connectivity index (χ3v) is 3.92. The minimum atomic E-state index is -0.865. The normalized spacial score (nSPS) is 18.8. The van der Waals surface area contributed by atoms with E-state index in [1.165, 1.54) is 0 Å². The molecule has 1 aliphatic rings. The molecule has 0 saturated heterocycles. The predicted octanol–water partition coefficient (Wildman–Crippen LogP) is 2.37. The molecule has 100 valence electrons. The summed E-state index contributed by atoms with van der Waals surface area (Å²) >= 11 is 0. The van der Waals surface area contributed by atoms with Crippen LogP contribution in [0, 0.1) is 5.92 Å². The Kier molecular flexibility index (Phi) is 3.64. The van der Waals surface area contributed by atoms with Gasteiger partial charge < -0.3 is 15.6 Å². The molecule has 1 fully saturated rings. The molecule has 1 saturated carbocycles. The van der Waals surface area contributed by atoms with Gasteiger partial charge in [-0.1, -0.05) is 19.9 Å². The third-order valence-electron chi connectivity index (χ3n) is 3.92. The molecular formula is C15H23NO2. The molecular weight excluding hydrogens is 226 g/mol. The van der Waals surface area contributed by atoms with E-state index in [0.717, 1.165) is 29.7 Å². The number of hydrogen-bond donors (Lipinski definition) is 2. The van der Waals surface area contributed by atoms with Crippen LogP contribution in [0.2, 0.25) is 0 Å². The largest absolute Gasteiger partial charge is 0.496 e. The van der Waals surface area contributed by atoms with E-state index in [9.17, 15) is 5.11 Å². The summed E-state index contributed by atoms with van der Waals surface area (Å²) in [7, 11) is 1.68. The van der Waals surface area contributed by atoms with Crippen LogP contribution in [0.3, 0.4) is 0 Å². The fraction of sp³-hybridized carbons (Fsp3) is 0.600. The van der Waals surface area contributed by atoms with Gasteiger partial charge in [0.2, 0.25) is 0 Å². The van der Waals surface area contributed by atoms with Crippen molar-refractivity contribution in [2.45, 2.75) is 38.2 Å². The molecule has 3 N–H and O–H groups in total. The molecule has 18 heavy (non-hydrogen) atoms. The van der Waals surface area contributed by atoms with Crippen LogP contribution in [0.25, 0.3) is 0 Å². The lowest BCUT2D eigenvalue weighted by atomic mass is 9.86. The molecule has 1 aliphatic carbocycles. The first kappa shape index (κ1) is 13.4. The molecule has 0 heterocycles. The van der Waals surface area contributed by atoms with Crippen LogP contribution in [-0.2, 0) is 5.60 Å². The zero-order valence-corrected chi connectivity index (χ0v) is 11.4. The van der Waals surface area contributed by atoms with Gasteiger partial charge in [-0.15, -0.1) is 0 Å². The van der Waals surface area contributed by atoms with Crippen LogP contribution in [0.5, 0.6) is 5.75 Å². The van der Waals surface area contributed by atoms with Crippen molar-refractivity contribution in [3.63, 3.8) is 0 Å². The molecule has 0 bridgehead atoms. The van der Waals surface area contributed by atoms with Crippen LogP contribution < -0.4 is 10.5 Å². The summed E-state index contributed by atoms with van der Waals surface area (Å²) in [6, 6.07) is 5.93. The molecule has 1 unspecified atom stereocenters. The Bertz CT molecular complexity index is 427. The second-order valence-corrected chi connectivity index (χ2v) is 5.51. The van der Waals surface area contributed by atoms with E-state index in [1.807, 2.05) is 12.1 Å². The summed E-state index contributed by atoms with van der Waals surface area (Å²) in [5.41, 5.74) is 6.99. The Labute approximate surface area is 109 Å². The Morgan fingerprint density at radius 1 is 1.44 bits per heavy atom. The SMILES string of the molecule is COc1ccc(C(O)(CN)C2CC2)cc1C(C)C.